The lowest BCUT2D eigenvalue weighted by molar-refractivity contribution is -0.155. The van der Waals surface area contributed by atoms with Crippen molar-refractivity contribution in [3.8, 4) is 0 Å². The zero-order valence-electron chi connectivity index (χ0n) is 7.98. The van der Waals surface area contributed by atoms with E-state index in [-0.39, 0.29) is 6.04 Å². The number of rotatable bonds is 1. The Morgan fingerprint density at radius 1 is 1.29 bits per heavy atom. The summed E-state index contributed by atoms with van der Waals surface area (Å²) < 4.78 is 36.6. The number of piperidine rings is 2. The van der Waals surface area contributed by atoms with Crippen LogP contribution >= 0.6 is 0 Å². The Hall–Kier alpha value is -0.290. The molecule has 5 heteroatoms. The molecule has 2 rings (SSSR count). The van der Waals surface area contributed by atoms with Crippen molar-refractivity contribution in [2.75, 3.05) is 19.6 Å². The number of fused-ring (bicyclic) bond motifs is 2. The largest absolute Gasteiger partial charge is 0.401 e. The van der Waals surface area contributed by atoms with Gasteiger partial charge in [0.25, 0.3) is 0 Å². The van der Waals surface area contributed by atoms with Gasteiger partial charge in [0.2, 0.25) is 0 Å². The van der Waals surface area contributed by atoms with Crippen LogP contribution in [0.2, 0.25) is 0 Å². The predicted octanol–water partition coefficient (Wildman–Crippen LogP) is 1.37. The Kier molecular flexibility index (Phi) is 2.70. The molecular weight excluding hydrogens is 193 g/mol. The maximum Gasteiger partial charge on any atom is 0.401 e. The second-order valence-electron chi connectivity index (χ2n) is 4.20. The fraction of sp³-hybridized carbons (Fsp3) is 1.00. The van der Waals surface area contributed by atoms with E-state index < -0.39 is 12.7 Å². The van der Waals surface area contributed by atoms with E-state index in [9.17, 15) is 13.2 Å². The molecule has 2 fully saturated rings. The zero-order valence-corrected chi connectivity index (χ0v) is 7.98. The molecule has 0 saturated carbocycles. The molecule has 0 radical (unpaired) electrons. The monoisotopic (exact) mass is 208 g/mol. The third-order valence-electron chi connectivity index (χ3n) is 3.13. The first-order chi connectivity index (χ1) is 6.54. The molecule has 2 heterocycles. The topological polar surface area (TPSA) is 15.3 Å². The van der Waals surface area contributed by atoms with Crippen molar-refractivity contribution < 1.29 is 13.2 Å². The lowest BCUT2D eigenvalue weighted by Gasteiger charge is -2.43. The molecule has 2 saturated heterocycles. The summed E-state index contributed by atoms with van der Waals surface area (Å²) in [6, 6.07) is 0.606. The summed E-state index contributed by atoms with van der Waals surface area (Å²) in [6.07, 6.45) is -1.45. The highest BCUT2D eigenvalue weighted by atomic mass is 19.4. The van der Waals surface area contributed by atoms with E-state index in [0.29, 0.717) is 12.6 Å². The third kappa shape index (κ3) is 2.39. The minimum Gasteiger partial charge on any atom is -0.314 e. The fourth-order valence-electron chi connectivity index (χ4n) is 2.48. The molecule has 0 aromatic carbocycles. The number of halogens is 3. The summed E-state index contributed by atoms with van der Waals surface area (Å²) in [4.78, 5) is 1.59. The molecule has 14 heavy (non-hydrogen) atoms. The molecule has 0 aromatic heterocycles. The van der Waals surface area contributed by atoms with Gasteiger partial charge in [-0.15, -0.1) is 0 Å². The van der Waals surface area contributed by atoms with Gasteiger partial charge in [-0.25, -0.2) is 0 Å². The van der Waals surface area contributed by atoms with Gasteiger partial charge in [0.1, 0.15) is 0 Å². The van der Waals surface area contributed by atoms with Crippen LogP contribution in [0, 0.1) is 0 Å². The van der Waals surface area contributed by atoms with Crippen LogP contribution in [-0.2, 0) is 0 Å². The van der Waals surface area contributed by atoms with Crippen molar-refractivity contribution in [3.05, 3.63) is 0 Å². The van der Waals surface area contributed by atoms with Crippen molar-refractivity contribution in [1.29, 1.82) is 0 Å². The average Bonchev–Trinajstić information content (AvgIpc) is 2.09. The highest BCUT2D eigenvalue weighted by Gasteiger charge is 2.38. The molecule has 2 unspecified atom stereocenters. The molecule has 0 amide bonds. The maximum absolute atomic E-state index is 12.2. The zero-order chi connectivity index (χ0) is 10.2. The highest BCUT2D eigenvalue weighted by molar-refractivity contribution is 4.90. The van der Waals surface area contributed by atoms with Crippen LogP contribution in [0.25, 0.3) is 0 Å². The average molecular weight is 208 g/mol. The Morgan fingerprint density at radius 3 is 2.79 bits per heavy atom. The van der Waals surface area contributed by atoms with E-state index in [4.69, 9.17) is 0 Å². The van der Waals surface area contributed by atoms with Crippen LogP contribution in [0.15, 0.2) is 0 Å². The van der Waals surface area contributed by atoms with Gasteiger partial charge in [-0.05, 0) is 25.8 Å². The summed E-state index contributed by atoms with van der Waals surface area (Å²) in [5.41, 5.74) is 0. The highest BCUT2D eigenvalue weighted by Crippen LogP contribution is 2.27. The van der Waals surface area contributed by atoms with Gasteiger partial charge in [0, 0.05) is 18.6 Å². The lowest BCUT2D eigenvalue weighted by atomic mass is 9.91. The van der Waals surface area contributed by atoms with Crippen molar-refractivity contribution in [2.45, 2.75) is 37.5 Å². The SMILES string of the molecule is FC(F)(F)CN1CCC2CC1CCN2. The molecule has 2 bridgehead atoms. The molecule has 82 valence electrons. The van der Waals surface area contributed by atoms with Gasteiger partial charge >= 0.3 is 6.18 Å². The van der Waals surface area contributed by atoms with E-state index in [1.165, 1.54) is 0 Å². The van der Waals surface area contributed by atoms with Crippen LogP contribution < -0.4 is 5.32 Å². The fourth-order valence-corrected chi connectivity index (χ4v) is 2.48. The summed E-state index contributed by atoms with van der Waals surface area (Å²) in [7, 11) is 0. The van der Waals surface area contributed by atoms with Crippen molar-refractivity contribution in [1.82, 2.24) is 10.2 Å². The molecule has 2 aliphatic rings. The summed E-state index contributed by atoms with van der Waals surface area (Å²) >= 11 is 0. The van der Waals surface area contributed by atoms with Crippen molar-refractivity contribution in [3.63, 3.8) is 0 Å². The normalized spacial score (nSPS) is 34.5. The first-order valence-electron chi connectivity index (χ1n) is 5.09. The maximum atomic E-state index is 12.2. The second-order valence-corrected chi connectivity index (χ2v) is 4.20. The summed E-state index contributed by atoms with van der Waals surface area (Å²) in [5, 5.41) is 3.33. The molecule has 1 N–H and O–H groups in total. The van der Waals surface area contributed by atoms with Gasteiger partial charge in [-0.3, -0.25) is 4.90 Å². The minimum atomic E-state index is -4.04. The molecular formula is C9H15F3N2. The predicted molar refractivity (Wildman–Crippen MR) is 47.1 cm³/mol. The van der Waals surface area contributed by atoms with Crippen LogP contribution in [0.1, 0.15) is 19.3 Å². The Balaban J connectivity index is 1.93. The number of alkyl halides is 3. The van der Waals surface area contributed by atoms with E-state index in [2.05, 4.69) is 5.32 Å². The van der Waals surface area contributed by atoms with Gasteiger partial charge in [0.05, 0.1) is 6.54 Å². The van der Waals surface area contributed by atoms with E-state index in [0.717, 1.165) is 25.8 Å². The van der Waals surface area contributed by atoms with Crippen LogP contribution in [0.5, 0.6) is 0 Å². The van der Waals surface area contributed by atoms with Crippen LogP contribution in [-0.4, -0.2) is 42.8 Å². The molecule has 2 aliphatic heterocycles. The quantitative estimate of drug-likeness (QED) is 0.700. The number of likely N-dealkylation sites (tertiary alicyclic amines) is 1. The van der Waals surface area contributed by atoms with Gasteiger partial charge in [-0.2, -0.15) is 13.2 Å². The number of nitrogens with zero attached hydrogens (tertiary/aromatic N) is 1. The number of hydrogen-bond donors (Lipinski definition) is 1. The number of nitrogens with one attached hydrogen (secondary N) is 1. The molecule has 0 aliphatic carbocycles. The first kappa shape index (κ1) is 10.2. The first-order valence-corrected chi connectivity index (χ1v) is 5.09. The Labute approximate surface area is 81.5 Å². The number of hydrogen-bond acceptors (Lipinski definition) is 2. The lowest BCUT2D eigenvalue weighted by Crippen LogP contribution is -2.55. The second kappa shape index (κ2) is 3.70. The van der Waals surface area contributed by atoms with Crippen LogP contribution in [0.4, 0.5) is 13.2 Å². The molecule has 0 aromatic rings. The van der Waals surface area contributed by atoms with E-state index >= 15 is 0 Å². The van der Waals surface area contributed by atoms with E-state index in [1.54, 1.807) is 4.90 Å². The minimum absolute atomic E-state index is 0.150. The summed E-state index contributed by atoms with van der Waals surface area (Å²) in [5.74, 6) is 0. The van der Waals surface area contributed by atoms with Crippen molar-refractivity contribution in [2.24, 2.45) is 0 Å². The molecule has 2 nitrogen and oxygen atoms in total. The smallest absolute Gasteiger partial charge is 0.314 e. The Bertz CT molecular complexity index is 205. The molecule has 2 atom stereocenters. The third-order valence-corrected chi connectivity index (χ3v) is 3.13. The van der Waals surface area contributed by atoms with Gasteiger partial charge in [-0.1, -0.05) is 0 Å². The van der Waals surface area contributed by atoms with E-state index in [1.807, 2.05) is 0 Å². The Morgan fingerprint density at radius 2 is 2.07 bits per heavy atom. The van der Waals surface area contributed by atoms with Crippen molar-refractivity contribution >= 4 is 0 Å². The molecule has 0 spiro atoms. The standard InChI is InChI=1S/C9H15F3N2/c10-9(11,12)6-14-4-2-7-5-8(14)1-3-13-7/h7-8,13H,1-6H2. The van der Waals surface area contributed by atoms with Gasteiger partial charge < -0.3 is 5.32 Å². The van der Waals surface area contributed by atoms with Crippen LogP contribution in [0.3, 0.4) is 0 Å². The van der Waals surface area contributed by atoms with Gasteiger partial charge in [0.15, 0.2) is 0 Å². The summed E-state index contributed by atoms with van der Waals surface area (Å²) in [6.45, 7) is 0.718.